The third-order valence-corrected chi connectivity index (χ3v) is 2.37. The summed E-state index contributed by atoms with van der Waals surface area (Å²) >= 11 is 0. The maximum absolute atomic E-state index is 10.4. The number of phenols is 1. The number of aliphatic carboxylic acids is 1. The summed E-state index contributed by atoms with van der Waals surface area (Å²) < 4.78 is 0. The van der Waals surface area contributed by atoms with Gasteiger partial charge in [0.05, 0.1) is 0 Å². The highest BCUT2D eigenvalue weighted by Crippen LogP contribution is 2.03. The molecule has 0 aromatic heterocycles. The fraction of sp³-hybridized carbons (Fsp3) is 0.133. The minimum absolute atomic E-state index is 0.322. The number of rotatable bonds is 3. The van der Waals surface area contributed by atoms with Crippen molar-refractivity contribution in [1.82, 2.24) is 0 Å². The van der Waals surface area contributed by atoms with E-state index in [1.165, 1.54) is 0 Å². The Balaban J connectivity index is 0.000000218. The third kappa shape index (κ3) is 6.24. The molecule has 0 aliphatic rings. The van der Waals surface area contributed by atoms with Gasteiger partial charge in [0, 0.05) is 0 Å². The minimum Gasteiger partial charge on any atom is -0.508 e. The molecule has 2 aromatic rings. The number of hydrogen-bond donors (Lipinski definition) is 3. The molecule has 2 aromatic carbocycles. The average molecular weight is 259 g/mol. The number of carboxylic acid groups (broad SMARTS) is 1. The van der Waals surface area contributed by atoms with Gasteiger partial charge in [0.1, 0.15) is 11.8 Å². The molecule has 0 amide bonds. The van der Waals surface area contributed by atoms with Crippen LogP contribution in [0.2, 0.25) is 0 Å². The highest BCUT2D eigenvalue weighted by Gasteiger charge is 2.10. The largest absolute Gasteiger partial charge is 0.508 e. The van der Waals surface area contributed by atoms with Crippen LogP contribution in [0.25, 0.3) is 0 Å². The van der Waals surface area contributed by atoms with Gasteiger partial charge >= 0.3 is 5.97 Å². The second-order valence-corrected chi connectivity index (χ2v) is 3.97. The summed E-state index contributed by atoms with van der Waals surface area (Å²) in [7, 11) is 0. The minimum atomic E-state index is -0.959. The molecule has 0 bridgehead atoms. The Hall–Kier alpha value is -2.33. The van der Waals surface area contributed by atoms with Crippen LogP contribution >= 0.6 is 0 Å². The van der Waals surface area contributed by atoms with Gasteiger partial charge in [-0.15, -0.1) is 0 Å². The first-order valence-electron chi connectivity index (χ1n) is 5.86. The fourth-order valence-corrected chi connectivity index (χ4v) is 1.38. The molecule has 100 valence electrons. The third-order valence-electron chi connectivity index (χ3n) is 2.37. The number of phenolic OH excluding ortho intramolecular Hbond substituents is 1. The standard InChI is InChI=1S/C9H11NO2.C6H6O/c10-8(9(11)12)6-7-4-2-1-3-5-7;7-6-4-2-1-3-5-6/h1-5,8H,6,10H2,(H,11,12);1-5,7H/t8-;/m0./s1. The predicted molar refractivity (Wildman–Crippen MR) is 73.9 cm³/mol. The van der Waals surface area contributed by atoms with Gasteiger partial charge in [-0.3, -0.25) is 4.79 Å². The van der Waals surface area contributed by atoms with Crippen molar-refractivity contribution in [2.45, 2.75) is 12.5 Å². The maximum Gasteiger partial charge on any atom is 0.320 e. The van der Waals surface area contributed by atoms with Gasteiger partial charge in [0.25, 0.3) is 0 Å². The highest BCUT2D eigenvalue weighted by molar-refractivity contribution is 5.73. The number of para-hydroxylation sites is 1. The molecule has 19 heavy (non-hydrogen) atoms. The number of nitrogens with two attached hydrogens (primary N) is 1. The van der Waals surface area contributed by atoms with Gasteiger partial charge in [0.15, 0.2) is 0 Å². The first kappa shape index (κ1) is 14.7. The summed E-state index contributed by atoms with van der Waals surface area (Å²) in [4.78, 5) is 10.4. The molecule has 0 radical (unpaired) electrons. The van der Waals surface area contributed by atoms with Gasteiger partial charge < -0.3 is 15.9 Å². The van der Waals surface area contributed by atoms with Crippen molar-refractivity contribution in [2.24, 2.45) is 5.73 Å². The molecule has 4 N–H and O–H groups in total. The van der Waals surface area contributed by atoms with E-state index >= 15 is 0 Å². The second kappa shape index (κ2) is 7.89. The van der Waals surface area contributed by atoms with Crippen molar-refractivity contribution < 1.29 is 15.0 Å². The van der Waals surface area contributed by atoms with Crippen LogP contribution in [0, 0.1) is 0 Å². The lowest BCUT2D eigenvalue weighted by molar-refractivity contribution is -0.138. The van der Waals surface area contributed by atoms with E-state index in [4.69, 9.17) is 15.9 Å². The lowest BCUT2D eigenvalue weighted by atomic mass is 10.1. The molecular formula is C15H17NO3. The molecule has 4 heteroatoms. The molecule has 0 unspecified atom stereocenters. The molecule has 0 spiro atoms. The lowest BCUT2D eigenvalue weighted by Crippen LogP contribution is -2.32. The van der Waals surface area contributed by atoms with Crippen LogP contribution in [0.1, 0.15) is 5.56 Å². The molecule has 0 saturated heterocycles. The van der Waals surface area contributed by atoms with Crippen LogP contribution in [0.4, 0.5) is 0 Å². The van der Waals surface area contributed by atoms with E-state index in [2.05, 4.69) is 0 Å². The van der Waals surface area contributed by atoms with Crippen LogP contribution in [0.5, 0.6) is 5.75 Å². The average Bonchev–Trinajstić information content (AvgIpc) is 2.41. The maximum atomic E-state index is 10.4. The van der Waals surface area contributed by atoms with Crippen LogP contribution in [-0.4, -0.2) is 22.2 Å². The first-order chi connectivity index (χ1) is 9.09. The molecular weight excluding hydrogens is 242 g/mol. The smallest absolute Gasteiger partial charge is 0.320 e. The van der Waals surface area contributed by atoms with Crippen molar-refractivity contribution in [2.75, 3.05) is 0 Å². The zero-order chi connectivity index (χ0) is 14.1. The number of aromatic hydroxyl groups is 1. The summed E-state index contributed by atoms with van der Waals surface area (Å²) in [5.74, 6) is -0.638. The zero-order valence-corrected chi connectivity index (χ0v) is 10.4. The molecule has 4 nitrogen and oxygen atoms in total. The summed E-state index contributed by atoms with van der Waals surface area (Å²) in [6, 6.07) is 17.3. The van der Waals surface area contributed by atoms with E-state index in [0.29, 0.717) is 12.2 Å². The quantitative estimate of drug-likeness (QED) is 0.787. The Morgan fingerprint density at radius 1 is 1.00 bits per heavy atom. The Morgan fingerprint density at radius 2 is 1.47 bits per heavy atom. The van der Waals surface area contributed by atoms with Crippen molar-refractivity contribution in [3.05, 3.63) is 66.2 Å². The van der Waals surface area contributed by atoms with E-state index in [1.54, 1.807) is 24.3 Å². The van der Waals surface area contributed by atoms with E-state index in [-0.39, 0.29) is 0 Å². The molecule has 0 fully saturated rings. The first-order valence-corrected chi connectivity index (χ1v) is 5.86. The number of hydrogen-bond acceptors (Lipinski definition) is 3. The van der Waals surface area contributed by atoms with E-state index in [0.717, 1.165) is 5.56 Å². The van der Waals surface area contributed by atoms with Crippen LogP contribution < -0.4 is 5.73 Å². The zero-order valence-electron chi connectivity index (χ0n) is 10.4. The molecule has 0 heterocycles. The van der Waals surface area contributed by atoms with Gasteiger partial charge in [0.2, 0.25) is 0 Å². The summed E-state index contributed by atoms with van der Waals surface area (Å²) in [6.07, 6.45) is 0.385. The Kier molecular flexibility index (Phi) is 6.12. The van der Waals surface area contributed by atoms with Gasteiger partial charge in [-0.05, 0) is 24.1 Å². The van der Waals surface area contributed by atoms with Crippen LogP contribution in [-0.2, 0) is 11.2 Å². The number of carbonyl (C=O) groups is 1. The van der Waals surface area contributed by atoms with Gasteiger partial charge in [-0.25, -0.2) is 0 Å². The van der Waals surface area contributed by atoms with Gasteiger partial charge in [-0.2, -0.15) is 0 Å². The Bertz CT molecular complexity index is 485. The van der Waals surface area contributed by atoms with Crippen LogP contribution in [0.15, 0.2) is 60.7 Å². The highest BCUT2D eigenvalue weighted by atomic mass is 16.4. The van der Waals surface area contributed by atoms with Gasteiger partial charge in [-0.1, -0.05) is 48.5 Å². The summed E-state index contributed by atoms with van der Waals surface area (Å²) in [6.45, 7) is 0. The van der Waals surface area contributed by atoms with Crippen LogP contribution in [0.3, 0.4) is 0 Å². The van der Waals surface area contributed by atoms with Crippen molar-refractivity contribution >= 4 is 5.97 Å². The number of carboxylic acids is 1. The molecule has 0 aliphatic carbocycles. The Morgan fingerprint density at radius 3 is 1.84 bits per heavy atom. The van der Waals surface area contributed by atoms with Crippen molar-refractivity contribution in [3.8, 4) is 5.75 Å². The van der Waals surface area contributed by atoms with Crippen molar-refractivity contribution in [3.63, 3.8) is 0 Å². The lowest BCUT2D eigenvalue weighted by Gasteiger charge is -2.04. The van der Waals surface area contributed by atoms with Crippen molar-refractivity contribution in [1.29, 1.82) is 0 Å². The SMILES string of the molecule is N[C@@H](Cc1ccccc1)C(=O)O.Oc1ccccc1. The molecule has 2 rings (SSSR count). The summed E-state index contributed by atoms with van der Waals surface area (Å²) in [5, 5.41) is 17.2. The predicted octanol–water partition coefficient (Wildman–Crippen LogP) is 2.03. The topological polar surface area (TPSA) is 83.6 Å². The summed E-state index contributed by atoms with van der Waals surface area (Å²) in [5.41, 5.74) is 6.30. The molecule has 1 atom stereocenters. The van der Waals surface area contributed by atoms with E-state index in [9.17, 15) is 4.79 Å². The normalized spacial score (nSPS) is 11.0. The fourth-order valence-electron chi connectivity index (χ4n) is 1.38. The monoisotopic (exact) mass is 259 g/mol. The number of benzene rings is 2. The van der Waals surface area contributed by atoms with E-state index in [1.807, 2.05) is 36.4 Å². The Labute approximate surface area is 112 Å². The molecule has 0 aliphatic heterocycles. The van der Waals surface area contributed by atoms with E-state index < -0.39 is 12.0 Å². The molecule has 0 saturated carbocycles. The second-order valence-electron chi connectivity index (χ2n) is 3.97.